The molecule has 0 aliphatic heterocycles. The zero-order valence-electron chi connectivity index (χ0n) is 9.17. The van der Waals surface area contributed by atoms with Crippen molar-refractivity contribution in [2.45, 2.75) is 19.3 Å². The maximum Gasteiger partial charge on any atom is 0.251 e. The molecule has 1 aromatic rings. The molecule has 3 nitrogen and oxygen atoms in total. The predicted molar refractivity (Wildman–Crippen MR) is 63.2 cm³/mol. The molecule has 0 heterocycles. The van der Waals surface area contributed by atoms with Crippen molar-refractivity contribution < 1.29 is 9.18 Å². The lowest BCUT2D eigenvalue weighted by Crippen LogP contribution is -2.24. The van der Waals surface area contributed by atoms with Crippen LogP contribution in [0.3, 0.4) is 0 Å². The molecule has 17 heavy (non-hydrogen) atoms. The van der Waals surface area contributed by atoms with Crippen LogP contribution in [-0.2, 0) is 0 Å². The number of carbonyl (C=O) groups is 1. The van der Waals surface area contributed by atoms with Gasteiger partial charge < -0.3 is 5.32 Å². The largest absolute Gasteiger partial charge is 0.352 e. The Morgan fingerprint density at radius 2 is 2.24 bits per heavy atom. The van der Waals surface area contributed by atoms with Crippen LogP contribution in [0.4, 0.5) is 4.39 Å². The fourth-order valence-corrected chi connectivity index (χ4v) is 1.39. The van der Waals surface area contributed by atoms with Crippen molar-refractivity contribution in [1.82, 2.24) is 5.32 Å². The van der Waals surface area contributed by atoms with Crippen LogP contribution >= 0.6 is 11.6 Å². The van der Waals surface area contributed by atoms with Crippen LogP contribution < -0.4 is 5.32 Å². The van der Waals surface area contributed by atoms with Gasteiger partial charge in [-0.15, -0.1) is 0 Å². The van der Waals surface area contributed by atoms with Gasteiger partial charge in [0.15, 0.2) is 0 Å². The minimum absolute atomic E-state index is 0.00410. The van der Waals surface area contributed by atoms with Crippen molar-refractivity contribution in [3.63, 3.8) is 0 Å². The third-order valence-corrected chi connectivity index (χ3v) is 2.49. The summed E-state index contributed by atoms with van der Waals surface area (Å²) in [6.45, 7) is 0.477. The molecule has 0 aliphatic rings. The highest BCUT2D eigenvalue weighted by Gasteiger charge is 2.07. The fraction of sp³-hybridized carbons (Fsp3) is 0.333. The van der Waals surface area contributed by atoms with Gasteiger partial charge in [0, 0.05) is 18.5 Å². The summed E-state index contributed by atoms with van der Waals surface area (Å²) in [7, 11) is 0. The highest BCUT2D eigenvalue weighted by molar-refractivity contribution is 6.30. The third-order valence-electron chi connectivity index (χ3n) is 2.18. The smallest absolute Gasteiger partial charge is 0.251 e. The maximum atomic E-state index is 13.1. The van der Waals surface area contributed by atoms with Crippen LogP contribution in [0.1, 0.15) is 29.6 Å². The van der Waals surface area contributed by atoms with E-state index in [1.54, 1.807) is 0 Å². The van der Waals surface area contributed by atoms with Crippen molar-refractivity contribution in [3.8, 4) is 6.07 Å². The Morgan fingerprint density at radius 1 is 1.47 bits per heavy atom. The zero-order chi connectivity index (χ0) is 12.7. The van der Waals surface area contributed by atoms with Crippen LogP contribution in [0.5, 0.6) is 0 Å². The molecule has 1 N–H and O–H groups in total. The first-order chi connectivity index (χ1) is 8.15. The van der Waals surface area contributed by atoms with Crippen molar-refractivity contribution in [2.24, 2.45) is 0 Å². The molecule has 0 unspecified atom stereocenters. The van der Waals surface area contributed by atoms with Gasteiger partial charge in [-0.05, 0) is 31.0 Å². The van der Waals surface area contributed by atoms with Gasteiger partial charge in [0.25, 0.3) is 5.91 Å². The van der Waals surface area contributed by atoms with Crippen LogP contribution in [-0.4, -0.2) is 12.5 Å². The number of hydrogen-bond donors (Lipinski definition) is 1. The summed E-state index contributed by atoms with van der Waals surface area (Å²) < 4.78 is 13.1. The van der Waals surface area contributed by atoms with Crippen LogP contribution in [0.15, 0.2) is 18.2 Å². The van der Waals surface area contributed by atoms with Crippen molar-refractivity contribution in [3.05, 3.63) is 34.6 Å². The minimum atomic E-state index is -0.608. The van der Waals surface area contributed by atoms with E-state index in [4.69, 9.17) is 16.9 Å². The standard InChI is InChI=1S/C12H12ClFN2O/c13-10-5-4-9(8-11(10)14)12(17)16-7-3-1-2-6-15/h4-5,8H,1-3,7H2,(H,16,17). The minimum Gasteiger partial charge on any atom is -0.352 e. The number of carbonyl (C=O) groups excluding carboxylic acids is 1. The van der Waals surface area contributed by atoms with E-state index in [9.17, 15) is 9.18 Å². The van der Waals surface area contributed by atoms with Gasteiger partial charge >= 0.3 is 0 Å². The number of nitrogens with zero attached hydrogens (tertiary/aromatic N) is 1. The summed E-state index contributed by atoms with van der Waals surface area (Å²) in [4.78, 5) is 11.6. The normalized spacial score (nSPS) is 9.71. The number of rotatable bonds is 5. The van der Waals surface area contributed by atoms with Crippen molar-refractivity contribution >= 4 is 17.5 Å². The van der Waals surface area contributed by atoms with Crippen LogP contribution in [0, 0.1) is 17.1 Å². The molecule has 0 bridgehead atoms. The average Bonchev–Trinajstić information content (AvgIpc) is 2.32. The molecular formula is C12H12ClFN2O. The van der Waals surface area contributed by atoms with E-state index < -0.39 is 5.82 Å². The summed E-state index contributed by atoms with van der Waals surface area (Å²) in [5, 5.41) is 11.0. The van der Waals surface area contributed by atoms with Gasteiger partial charge in [0.1, 0.15) is 5.82 Å². The van der Waals surface area contributed by atoms with E-state index >= 15 is 0 Å². The van der Waals surface area contributed by atoms with E-state index in [0.29, 0.717) is 13.0 Å². The Balaban J connectivity index is 2.42. The zero-order valence-corrected chi connectivity index (χ0v) is 9.93. The van der Waals surface area contributed by atoms with Gasteiger partial charge in [0.05, 0.1) is 11.1 Å². The Hall–Kier alpha value is -1.60. The van der Waals surface area contributed by atoms with Gasteiger partial charge in [-0.3, -0.25) is 4.79 Å². The lowest BCUT2D eigenvalue weighted by molar-refractivity contribution is 0.0952. The molecule has 0 saturated heterocycles. The molecule has 0 spiro atoms. The molecule has 0 aromatic heterocycles. The molecule has 0 atom stereocenters. The van der Waals surface area contributed by atoms with E-state index in [2.05, 4.69) is 5.32 Å². The second-order valence-electron chi connectivity index (χ2n) is 3.50. The summed E-state index contributed by atoms with van der Waals surface area (Å²) in [5.74, 6) is -0.943. The third kappa shape index (κ3) is 4.41. The number of halogens is 2. The molecule has 1 aromatic carbocycles. The summed E-state index contributed by atoms with van der Waals surface area (Å²) in [5.41, 5.74) is 0.243. The molecule has 0 fully saturated rings. The lowest BCUT2D eigenvalue weighted by atomic mass is 10.2. The molecule has 0 aliphatic carbocycles. The summed E-state index contributed by atoms with van der Waals surface area (Å²) >= 11 is 5.51. The topological polar surface area (TPSA) is 52.9 Å². The lowest BCUT2D eigenvalue weighted by Gasteiger charge is -2.04. The van der Waals surface area contributed by atoms with Gasteiger partial charge in [0.2, 0.25) is 0 Å². The van der Waals surface area contributed by atoms with Crippen LogP contribution in [0.2, 0.25) is 5.02 Å². The van der Waals surface area contributed by atoms with E-state index in [1.807, 2.05) is 6.07 Å². The molecule has 1 rings (SSSR count). The molecule has 1 amide bonds. The van der Waals surface area contributed by atoms with E-state index in [0.717, 1.165) is 18.9 Å². The highest BCUT2D eigenvalue weighted by Crippen LogP contribution is 2.15. The number of unbranched alkanes of at least 4 members (excludes halogenated alkanes) is 2. The first-order valence-electron chi connectivity index (χ1n) is 5.25. The Kier molecular flexibility index (Phi) is 5.44. The number of amides is 1. The fourth-order valence-electron chi connectivity index (χ4n) is 1.27. The molecule has 0 radical (unpaired) electrons. The quantitative estimate of drug-likeness (QED) is 0.822. The number of nitrogens with one attached hydrogen (secondary N) is 1. The SMILES string of the molecule is N#CCCCCNC(=O)c1ccc(Cl)c(F)c1. The first-order valence-corrected chi connectivity index (χ1v) is 5.63. The first kappa shape index (κ1) is 13.5. The van der Waals surface area contributed by atoms with Crippen molar-refractivity contribution in [1.29, 1.82) is 5.26 Å². The number of hydrogen-bond acceptors (Lipinski definition) is 2. The van der Waals surface area contributed by atoms with Crippen LogP contribution in [0.25, 0.3) is 0 Å². The molecular weight excluding hydrogens is 243 g/mol. The van der Waals surface area contributed by atoms with Crippen molar-refractivity contribution in [2.75, 3.05) is 6.54 Å². The highest BCUT2D eigenvalue weighted by atomic mass is 35.5. The maximum absolute atomic E-state index is 13.1. The second-order valence-corrected chi connectivity index (χ2v) is 3.91. The number of nitriles is 1. The van der Waals surface area contributed by atoms with Gasteiger partial charge in [-0.1, -0.05) is 11.6 Å². The number of benzene rings is 1. The summed E-state index contributed by atoms with van der Waals surface area (Å²) in [6, 6.07) is 5.95. The molecule has 0 saturated carbocycles. The Labute approximate surface area is 104 Å². The van der Waals surface area contributed by atoms with Gasteiger partial charge in [-0.25, -0.2) is 4.39 Å². The van der Waals surface area contributed by atoms with Gasteiger partial charge in [-0.2, -0.15) is 5.26 Å². The Morgan fingerprint density at radius 3 is 2.88 bits per heavy atom. The molecule has 5 heteroatoms. The Bertz CT molecular complexity index is 443. The monoisotopic (exact) mass is 254 g/mol. The summed E-state index contributed by atoms with van der Waals surface area (Å²) in [6.07, 6.45) is 1.95. The predicted octanol–water partition coefficient (Wildman–Crippen LogP) is 2.90. The van der Waals surface area contributed by atoms with E-state index in [-0.39, 0.29) is 16.5 Å². The van der Waals surface area contributed by atoms with E-state index in [1.165, 1.54) is 12.1 Å². The second kappa shape index (κ2) is 6.87. The average molecular weight is 255 g/mol. The molecule has 90 valence electrons.